The number of nitrogens with zero attached hydrogens (tertiary/aromatic N) is 2. The van der Waals surface area contributed by atoms with E-state index in [-0.39, 0.29) is 0 Å². The summed E-state index contributed by atoms with van der Waals surface area (Å²) in [6, 6.07) is 2.18. The van der Waals surface area contributed by atoms with E-state index < -0.39 is 0 Å². The van der Waals surface area contributed by atoms with E-state index in [0.717, 1.165) is 9.86 Å². The minimum Gasteiger partial charge on any atom is -0.211 e. The van der Waals surface area contributed by atoms with Crippen molar-refractivity contribution in [3.63, 3.8) is 0 Å². The van der Waals surface area contributed by atoms with Crippen LogP contribution in [0.25, 0.3) is 10.2 Å². The number of aromatic nitrogens is 2. The fraction of sp³-hybridized carbons (Fsp3) is 0.538. The van der Waals surface area contributed by atoms with Gasteiger partial charge < -0.3 is 0 Å². The lowest BCUT2D eigenvalue weighted by Crippen LogP contribution is -2.08. The Labute approximate surface area is 120 Å². The Kier molecular flexibility index (Phi) is 3.78. The first-order valence-corrected chi connectivity index (χ1v) is 8.40. The summed E-state index contributed by atoms with van der Waals surface area (Å²) in [5, 5.41) is 3.33. The van der Waals surface area contributed by atoms with Gasteiger partial charge >= 0.3 is 0 Å². The van der Waals surface area contributed by atoms with E-state index in [0.29, 0.717) is 10.5 Å². The SMILES string of the molecule is Cc1cc2c(SC3CCCCC3)nc(Cl)nc2s1. The lowest BCUT2D eigenvalue weighted by atomic mass is 10.0. The number of aryl methyl sites for hydroxylation is 1. The lowest BCUT2D eigenvalue weighted by Gasteiger charge is -2.20. The number of halogens is 1. The third kappa shape index (κ3) is 2.65. The van der Waals surface area contributed by atoms with Crippen LogP contribution in [-0.4, -0.2) is 15.2 Å². The molecular weight excluding hydrogens is 284 g/mol. The molecule has 0 N–H and O–H groups in total. The molecule has 0 aromatic carbocycles. The summed E-state index contributed by atoms with van der Waals surface area (Å²) in [4.78, 5) is 11.0. The Morgan fingerprint density at radius 3 is 2.83 bits per heavy atom. The van der Waals surface area contributed by atoms with Crippen molar-refractivity contribution in [2.45, 2.75) is 49.3 Å². The lowest BCUT2D eigenvalue weighted by molar-refractivity contribution is 0.516. The van der Waals surface area contributed by atoms with Crippen molar-refractivity contribution in [3.05, 3.63) is 16.2 Å². The summed E-state index contributed by atoms with van der Waals surface area (Å²) in [5.41, 5.74) is 0. The van der Waals surface area contributed by atoms with Crippen LogP contribution in [0.15, 0.2) is 11.1 Å². The minimum absolute atomic E-state index is 0.377. The molecule has 0 aliphatic heterocycles. The summed E-state index contributed by atoms with van der Waals surface area (Å²) in [5.74, 6) is 0. The van der Waals surface area contributed by atoms with Gasteiger partial charge in [-0.25, -0.2) is 9.97 Å². The molecule has 1 fully saturated rings. The van der Waals surface area contributed by atoms with Gasteiger partial charge in [0, 0.05) is 15.5 Å². The van der Waals surface area contributed by atoms with Gasteiger partial charge in [0.1, 0.15) is 9.86 Å². The standard InChI is InChI=1S/C13H15ClN2S2/c1-8-7-10-11(17-8)15-13(14)16-12(10)18-9-5-3-2-4-6-9/h7,9H,2-6H2,1H3. The smallest absolute Gasteiger partial charge is 0.211 e. The fourth-order valence-corrected chi connectivity index (χ4v) is 4.94. The topological polar surface area (TPSA) is 25.8 Å². The van der Waals surface area contributed by atoms with Gasteiger partial charge in [-0.05, 0) is 37.4 Å². The molecule has 0 amide bonds. The van der Waals surface area contributed by atoms with Gasteiger partial charge in [-0.1, -0.05) is 19.3 Å². The number of thiophene rings is 1. The second-order valence-corrected chi connectivity index (χ2v) is 7.61. The van der Waals surface area contributed by atoms with Crippen LogP contribution in [-0.2, 0) is 0 Å². The Hall–Kier alpha value is -0.320. The molecule has 0 saturated heterocycles. The normalized spacial score (nSPS) is 17.4. The molecule has 1 aliphatic carbocycles. The summed E-state index contributed by atoms with van der Waals surface area (Å²) in [6.07, 6.45) is 6.69. The van der Waals surface area contributed by atoms with E-state index in [4.69, 9.17) is 11.6 Å². The Balaban J connectivity index is 1.94. The molecule has 0 unspecified atom stereocenters. The highest BCUT2D eigenvalue weighted by molar-refractivity contribution is 8.00. The van der Waals surface area contributed by atoms with Crippen LogP contribution in [0, 0.1) is 6.92 Å². The van der Waals surface area contributed by atoms with Crippen LogP contribution in [0.4, 0.5) is 0 Å². The van der Waals surface area contributed by atoms with Gasteiger partial charge in [0.2, 0.25) is 5.28 Å². The van der Waals surface area contributed by atoms with Crippen LogP contribution in [0.1, 0.15) is 37.0 Å². The van der Waals surface area contributed by atoms with Crippen molar-refractivity contribution in [2.75, 3.05) is 0 Å². The maximum absolute atomic E-state index is 6.02. The molecule has 5 heteroatoms. The maximum Gasteiger partial charge on any atom is 0.224 e. The molecule has 18 heavy (non-hydrogen) atoms. The van der Waals surface area contributed by atoms with Gasteiger partial charge in [-0.2, -0.15) is 0 Å². The van der Waals surface area contributed by atoms with E-state index in [9.17, 15) is 0 Å². The van der Waals surface area contributed by atoms with Crippen molar-refractivity contribution in [3.8, 4) is 0 Å². The summed E-state index contributed by atoms with van der Waals surface area (Å²) in [7, 11) is 0. The van der Waals surface area contributed by atoms with Crippen molar-refractivity contribution in [1.29, 1.82) is 0 Å². The second kappa shape index (κ2) is 5.35. The monoisotopic (exact) mass is 298 g/mol. The van der Waals surface area contributed by atoms with Crippen LogP contribution in [0.3, 0.4) is 0 Å². The predicted molar refractivity (Wildman–Crippen MR) is 79.9 cm³/mol. The van der Waals surface area contributed by atoms with E-state index in [1.807, 2.05) is 11.8 Å². The quantitative estimate of drug-likeness (QED) is 0.571. The largest absolute Gasteiger partial charge is 0.224 e. The second-order valence-electron chi connectivity index (χ2n) is 4.75. The zero-order valence-electron chi connectivity index (χ0n) is 10.3. The highest BCUT2D eigenvalue weighted by atomic mass is 35.5. The maximum atomic E-state index is 6.02. The van der Waals surface area contributed by atoms with Crippen LogP contribution in [0.2, 0.25) is 5.28 Å². The molecule has 96 valence electrons. The first-order valence-electron chi connectivity index (χ1n) is 6.33. The number of hydrogen-bond donors (Lipinski definition) is 0. The molecule has 0 radical (unpaired) electrons. The number of fused-ring (bicyclic) bond motifs is 1. The molecule has 0 spiro atoms. The van der Waals surface area contributed by atoms with Gasteiger partial charge in [-0.3, -0.25) is 0 Å². The third-order valence-electron chi connectivity index (χ3n) is 3.28. The molecule has 2 aromatic rings. The van der Waals surface area contributed by atoms with E-state index in [2.05, 4.69) is 23.0 Å². The van der Waals surface area contributed by atoms with Crippen LogP contribution < -0.4 is 0 Å². The van der Waals surface area contributed by atoms with Gasteiger partial charge in [-0.15, -0.1) is 23.1 Å². The van der Waals surface area contributed by atoms with Crippen molar-refractivity contribution < 1.29 is 0 Å². The number of rotatable bonds is 2. The zero-order valence-corrected chi connectivity index (χ0v) is 12.7. The van der Waals surface area contributed by atoms with Crippen LogP contribution >= 0.6 is 34.7 Å². The molecule has 0 bridgehead atoms. The highest BCUT2D eigenvalue weighted by Crippen LogP contribution is 2.38. The summed E-state index contributed by atoms with van der Waals surface area (Å²) < 4.78 is 0. The predicted octanol–water partition coefficient (Wildman–Crippen LogP) is 5.08. The first-order chi connectivity index (χ1) is 8.72. The molecular formula is C13H15ClN2S2. The van der Waals surface area contributed by atoms with Gasteiger partial charge in [0.05, 0.1) is 0 Å². The number of thioether (sulfide) groups is 1. The Morgan fingerprint density at radius 1 is 1.28 bits per heavy atom. The first kappa shape index (κ1) is 12.7. The average molecular weight is 299 g/mol. The van der Waals surface area contributed by atoms with Gasteiger partial charge in [0.25, 0.3) is 0 Å². The molecule has 3 rings (SSSR count). The summed E-state index contributed by atoms with van der Waals surface area (Å²) >= 11 is 9.61. The van der Waals surface area contributed by atoms with E-state index in [1.54, 1.807) is 11.3 Å². The van der Waals surface area contributed by atoms with Gasteiger partial charge in [0.15, 0.2) is 0 Å². The summed E-state index contributed by atoms with van der Waals surface area (Å²) in [6.45, 7) is 2.11. The highest BCUT2D eigenvalue weighted by Gasteiger charge is 2.18. The molecule has 1 saturated carbocycles. The number of hydrogen-bond acceptors (Lipinski definition) is 4. The molecule has 2 heterocycles. The van der Waals surface area contributed by atoms with E-state index >= 15 is 0 Å². The fourth-order valence-electron chi connectivity index (χ4n) is 2.42. The Bertz CT molecular complexity index is 561. The van der Waals surface area contributed by atoms with Crippen molar-refractivity contribution in [1.82, 2.24) is 9.97 Å². The average Bonchev–Trinajstić information content (AvgIpc) is 2.71. The molecule has 1 aliphatic rings. The molecule has 0 atom stereocenters. The molecule has 2 nitrogen and oxygen atoms in total. The molecule has 2 aromatic heterocycles. The van der Waals surface area contributed by atoms with E-state index in [1.165, 1.54) is 42.4 Å². The van der Waals surface area contributed by atoms with Crippen molar-refractivity contribution in [2.24, 2.45) is 0 Å². The minimum atomic E-state index is 0.377. The third-order valence-corrected chi connectivity index (χ3v) is 5.74. The Morgan fingerprint density at radius 2 is 2.06 bits per heavy atom. The van der Waals surface area contributed by atoms with Crippen LogP contribution in [0.5, 0.6) is 0 Å². The van der Waals surface area contributed by atoms with Crippen molar-refractivity contribution >= 4 is 44.9 Å². The zero-order chi connectivity index (χ0) is 12.5.